The van der Waals surface area contributed by atoms with Crippen LogP contribution in [-0.2, 0) is 25.1 Å². The van der Waals surface area contributed by atoms with E-state index in [1.165, 1.54) is 12.4 Å². The molecule has 0 radical (unpaired) electrons. The van der Waals surface area contributed by atoms with Crippen LogP contribution in [-0.4, -0.2) is 59.3 Å². The molecule has 0 N–H and O–H groups in total. The Bertz CT molecular complexity index is 1460. The number of hydrogen-bond donors (Lipinski definition) is 0. The molecule has 2 aliphatic rings. The van der Waals surface area contributed by atoms with Crippen LogP contribution in [0.2, 0.25) is 28.3 Å². The van der Waals surface area contributed by atoms with Crippen LogP contribution in [0, 0.1) is 5.82 Å². The maximum atomic E-state index is 15.4. The van der Waals surface area contributed by atoms with E-state index in [1.807, 2.05) is 0 Å². The fraction of sp³-hybridized carbons (Fsp3) is 0.536. The molecule has 4 heterocycles. The van der Waals surface area contributed by atoms with Crippen molar-refractivity contribution in [1.82, 2.24) is 14.5 Å². The molecule has 0 amide bonds. The lowest BCUT2D eigenvalue weighted by Gasteiger charge is -2.36. The van der Waals surface area contributed by atoms with Crippen molar-refractivity contribution in [1.29, 1.82) is 0 Å². The molecule has 0 bridgehead atoms. The number of benzene rings is 1. The molecular formula is C28H34Cl2FN3O5Si. The third kappa shape index (κ3) is 5.24. The number of nitrogens with zero attached hydrogens (tertiary/aromatic N) is 3. The summed E-state index contributed by atoms with van der Waals surface area (Å²) in [4.78, 5) is 22.5. The van der Waals surface area contributed by atoms with Crippen molar-refractivity contribution in [2.75, 3.05) is 6.61 Å². The Morgan fingerprint density at radius 1 is 1.15 bits per heavy atom. The molecule has 4 atom stereocenters. The van der Waals surface area contributed by atoms with Crippen LogP contribution in [0.5, 0.6) is 0 Å². The van der Waals surface area contributed by atoms with E-state index in [1.54, 1.807) is 36.7 Å². The first kappa shape index (κ1) is 29.6. The van der Waals surface area contributed by atoms with Gasteiger partial charge in [-0.15, -0.1) is 0 Å². The molecule has 2 aliphatic heterocycles. The van der Waals surface area contributed by atoms with Gasteiger partial charge >= 0.3 is 0 Å². The van der Waals surface area contributed by atoms with Crippen LogP contribution in [0.4, 0.5) is 4.39 Å². The molecule has 8 nitrogen and oxygen atoms in total. The van der Waals surface area contributed by atoms with Crippen LogP contribution in [0.1, 0.15) is 56.8 Å². The van der Waals surface area contributed by atoms with Gasteiger partial charge in [0, 0.05) is 23.9 Å². The Labute approximate surface area is 244 Å². The topological polar surface area (TPSA) is 84.7 Å². The van der Waals surface area contributed by atoms with Crippen LogP contribution in [0.15, 0.2) is 30.7 Å². The molecule has 0 saturated carbocycles. The summed E-state index contributed by atoms with van der Waals surface area (Å²) >= 11 is 12.4. The standard InChI is InChI=1S/C28H34Cl2FN3O5Si/c1-27(2,3)40(6,7)36-13-11-15-16(8-9-18(29)19(15)31)20(35)21-22-23(39-28(4,5)38-22)26(37-21)34-12-10-17-24(30)32-14-33-25(17)34/h8-10,12,14,21-23,26H,11,13H2,1-7H3/t21?,22-,23-,26-/m1/s1. The van der Waals surface area contributed by atoms with Crippen molar-refractivity contribution in [2.24, 2.45) is 0 Å². The smallest absolute Gasteiger partial charge is 0.194 e. The highest BCUT2D eigenvalue weighted by Gasteiger charge is 2.58. The minimum atomic E-state index is -2.08. The molecular weight excluding hydrogens is 576 g/mol. The van der Waals surface area contributed by atoms with Gasteiger partial charge in [-0.2, -0.15) is 0 Å². The molecule has 40 heavy (non-hydrogen) atoms. The van der Waals surface area contributed by atoms with Crippen molar-refractivity contribution in [3.63, 3.8) is 0 Å². The lowest BCUT2D eigenvalue weighted by molar-refractivity contribution is -0.190. The fourth-order valence-corrected chi connectivity index (χ4v) is 6.42. The molecule has 1 aromatic carbocycles. The van der Waals surface area contributed by atoms with E-state index in [0.29, 0.717) is 16.2 Å². The molecule has 2 aromatic heterocycles. The van der Waals surface area contributed by atoms with E-state index in [0.717, 1.165) is 0 Å². The van der Waals surface area contributed by atoms with Crippen LogP contribution >= 0.6 is 23.2 Å². The number of carbonyl (C=O) groups is 1. The number of fused-ring (bicyclic) bond motifs is 2. The molecule has 2 fully saturated rings. The first-order valence-electron chi connectivity index (χ1n) is 13.2. The number of rotatable bonds is 7. The molecule has 3 aromatic rings. The van der Waals surface area contributed by atoms with Crippen molar-refractivity contribution < 1.29 is 27.8 Å². The van der Waals surface area contributed by atoms with E-state index in [4.69, 9.17) is 41.8 Å². The molecule has 0 aliphatic carbocycles. The van der Waals surface area contributed by atoms with Crippen molar-refractivity contribution in [2.45, 2.75) is 89.5 Å². The summed E-state index contributed by atoms with van der Waals surface area (Å²) in [5.74, 6) is -2.01. The summed E-state index contributed by atoms with van der Waals surface area (Å²) in [7, 11) is -2.08. The first-order chi connectivity index (χ1) is 18.6. The van der Waals surface area contributed by atoms with E-state index >= 15 is 4.39 Å². The number of ether oxygens (including phenoxy) is 3. The Morgan fingerprint density at radius 2 is 1.85 bits per heavy atom. The number of Topliss-reactive ketones (excluding diaryl/α,β-unsaturated/α-hetero) is 1. The second-order valence-corrected chi connectivity index (χ2v) is 17.8. The number of ketones is 1. The molecule has 2 saturated heterocycles. The van der Waals surface area contributed by atoms with Gasteiger partial charge in [0.05, 0.1) is 10.4 Å². The van der Waals surface area contributed by atoms with Gasteiger partial charge in [-0.1, -0.05) is 44.0 Å². The van der Waals surface area contributed by atoms with E-state index in [-0.39, 0.29) is 34.2 Å². The number of carbonyl (C=O) groups excluding carboxylic acids is 1. The van der Waals surface area contributed by atoms with E-state index in [9.17, 15) is 4.79 Å². The van der Waals surface area contributed by atoms with Crippen LogP contribution < -0.4 is 0 Å². The minimum Gasteiger partial charge on any atom is -0.416 e. The second-order valence-electron chi connectivity index (χ2n) is 12.2. The van der Waals surface area contributed by atoms with Gasteiger partial charge in [0.15, 0.2) is 32.2 Å². The average molecular weight is 611 g/mol. The zero-order chi connectivity index (χ0) is 29.2. The summed E-state index contributed by atoms with van der Waals surface area (Å²) < 4.78 is 42.2. The Hall–Kier alpha value is -1.92. The summed E-state index contributed by atoms with van der Waals surface area (Å²) in [6, 6.07) is 4.71. The molecule has 216 valence electrons. The van der Waals surface area contributed by atoms with Gasteiger partial charge in [0.2, 0.25) is 0 Å². The maximum absolute atomic E-state index is 15.4. The van der Waals surface area contributed by atoms with Gasteiger partial charge in [0.25, 0.3) is 0 Å². The number of hydrogen-bond acceptors (Lipinski definition) is 7. The first-order valence-corrected chi connectivity index (χ1v) is 16.9. The third-order valence-electron chi connectivity index (χ3n) is 8.10. The Balaban J connectivity index is 1.47. The van der Waals surface area contributed by atoms with Crippen LogP contribution in [0.3, 0.4) is 0 Å². The molecule has 12 heteroatoms. The largest absolute Gasteiger partial charge is 0.416 e. The SMILES string of the molecule is CC1(C)O[C@@H]2[C@H](O1)C(C(=O)c1ccc(Cl)c(F)c1CCO[Si](C)(C)C(C)(C)C)O[C@H]2n1ccc2c(Cl)ncnc21. The van der Waals surface area contributed by atoms with Gasteiger partial charge in [-0.25, -0.2) is 14.4 Å². The van der Waals surface area contributed by atoms with Crippen molar-refractivity contribution in [3.8, 4) is 0 Å². The molecule has 1 unspecified atom stereocenters. The maximum Gasteiger partial charge on any atom is 0.194 e. The Kier molecular flexibility index (Phi) is 7.70. The zero-order valence-electron chi connectivity index (χ0n) is 23.6. The summed E-state index contributed by atoms with van der Waals surface area (Å²) in [5.41, 5.74) is 0.913. The van der Waals surface area contributed by atoms with Crippen molar-refractivity contribution >= 4 is 48.3 Å². The summed E-state index contributed by atoms with van der Waals surface area (Å²) in [6.07, 6.45) is 0.137. The quantitative estimate of drug-likeness (QED) is 0.166. The van der Waals surface area contributed by atoms with Gasteiger partial charge in [-0.05, 0) is 56.6 Å². The monoisotopic (exact) mass is 609 g/mol. The van der Waals surface area contributed by atoms with Gasteiger partial charge < -0.3 is 23.2 Å². The predicted molar refractivity (Wildman–Crippen MR) is 153 cm³/mol. The second kappa shape index (κ2) is 10.4. The number of aromatic nitrogens is 3. The normalized spacial score (nSPS) is 24.6. The molecule has 5 rings (SSSR count). The predicted octanol–water partition coefficient (Wildman–Crippen LogP) is 6.74. The summed E-state index contributed by atoms with van der Waals surface area (Å²) in [5, 5.41) is 0.876. The number of halogens is 3. The highest BCUT2D eigenvalue weighted by Crippen LogP contribution is 2.45. The lowest BCUT2D eigenvalue weighted by atomic mass is 9.95. The fourth-order valence-electron chi connectivity index (χ4n) is 5.00. The average Bonchev–Trinajstić information content (AvgIpc) is 3.52. The highest BCUT2D eigenvalue weighted by molar-refractivity contribution is 6.74. The molecule has 0 spiro atoms. The Morgan fingerprint density at radius 3 is 2.55 bits per heavy atom. The minimum absolute atomic E-state index is 0.00929. The lowest BCUT2D eigenvalue weighted by Crippen LogP contribution is -2.41. The van der Waals surface area contributed by atoms with Crippen molar-refractivity contribution in [3.05, 3.63) is 57.8 Å². The van der Waals surface area contributed by atoms with E-state index in [2.05, 4.69) is 43.8 Å². The van der Waals surface area contributed by atoms with Gasteiger partial charge in [-0.3, -0.25) is 4.79 Å². The van der Waals surface area contributed by atoms with Crippen LogP contribution in [0.25, 0.3) is 11.0 Å². The summed E-state index contributed by atoms with van der Waals surface area (Å²) in [6.45, 7) is 14.5. The van der Waals surface area contributed by atoms with E-state index < -0.39 is 50.2 Å². The third-order valence-corrected chi connectivity index (χ3v) is 13.2. The highest BCUT2D eigenvalue weighted by atomic mass is 35.5. The van der Waals surface area contributed by atoms with Gasteiger partial charge in [0.1, 0.15) is 35.2 Å². The zero-order valence-corrected chi connectivity index (χ0v) is 26.1.